The Bertz CT molecular complexity index is 354. The molecule has 1 N–H and O–H groups in total. The molecule has 0 bridgehead atoms. The highest BCUT2D eigenvalue weighted by Gasteiger charge is 2.11. The predicted octanol–water partition coefficient (Wildman–Crippen LogP) is 3.45. The highest BCUT2D eigenvalue weighted by molar-refractivity contribution is 5.33. The van der Waals surface area contributed by atoms with Crippen molar-refractivity contribution in [1.82, 2.24) is 5.32 Å². The number of nitrogens with one attached hydrogen (secondary N) is 1. The molecule has 0 aliphatic heterocycles. The predicted molar refractivity (Wildman–Crippen MR) is 74.9 cm³/mol. The van der Waals surface area contributed by atoms with Gasteiger partial charge in [-0.3, -0.25) is 0 Å². The molecule has 0 saturated heterocycles. The highest BCUT2D eigenvalue weighted by Crippen LogP contribution is 2.11. The molecule has 0 aliphatic carbocycles. The van der Waals surface area contributed by atoms with Gasteiger partial charge in [0.05, 0.1) is 6.54 Å². The molecule has 0 aromatic heterocycles. The molecule has 1 aromatic carbocycles. The summed E-state index contributed by atoms with van der Waals surface area (Å²) in [6, 6.07) is 10.7. The summed E-state index contributed by atoms with van der Waals surface area (Å²) < 4.78 is 0. The van der Waals surface area contributed by atoms with Gasteiger partial charge in [-0.15, -0.1) is 0 Å². The zero-order valence-corrected chi connectivity index (χ0v) is 11.2. The summed E-state index contributed by atoms with van der Waals surface area (Å²) in [5.41, 5.74) is 1.09. The lowest BCUT2D eigenvalue weighted by molar-refractivity contribution is 0.366. The first-order chi connectivity index (χ1) is 8.27. The first-order valence-corrected chi connectivity index (χ1v) is 6.55. The third-order valence-electron chi connectivity index (χ3n) is 3.27. The van der Waals surface area contributed by atoms with E-state index in [2.05, 4.69) is 37.9 Å². The van der Waals surface area contributed by atoms with Crippen molar-refractivity contribution in [3.8, 4) is 11.8 Å². The number of benzene rings is 1. The van der Waals surface area contributed by atoms with Crippen LogP contribution in [0.15, 0.2) is 30.3 Å². The van der Waals surface area contributed by atoms with Gasteiger partial charge in [0.15, 0.2) is 0 Å². The van der Waals surface area contributed by atoms with Gasteiger partial charge < -0.3 is 5.32 Å². The Hall–Kier alpha value is -1.26. The van der Waals surface area contributed by atoms with Gasteiger partial charge in [0.1, 0.15) is 0 Å². The number of hydrogen-bond acceptors (Lipinski definition) is 1. The molecule has 0 fully saturated rings. The van der Waals surface area contributed by atoms with E-state index in [0.717, 1.165) is 18.0 Å². The molecule has 1 rings (SSSR count). The molecular formula is C16H23N. The van der Waals surface area contributed by atoms with Gasteiger partial charge >= 0.3 is 0 Å². The van der Waals surface area contributed by atoms with Crippen LogP contribution in [0, 0.1) is 17.8 Å². The molecule has 0 heterocycles. The second-order valence-corrected chi connectivity index (χ2v) is 4.41. The van der Waals surface area contributed by atoms with Gasteiger partial charge in [0.25, 0.3) is 0 Å². The van der Waals surface area contributed by atoms with Crippen LogP contribution < -0.4 is 5.32 Å². The van der Waals surface area contributed by atoms with Crippen LogP contribution in [0.4, 0.5) is 0 Å². The summed E-state index contributed by atoms with van der Waals surface area (Å²) in [5.74, 6) is 7.09. The van der Waals surface area contributed by atoms with Gasteiger partial charge in [-0.05, 0) is 25.0 Å². The topological polar surface area (TPSA) is 12.0 Å². The Balaban J connectivity index is 2.35. The monoisotopic (exact) mass is 229 g/mol. The molecule has 0 spiro atoms. The molecule has 1 nitrogen and oxygen atoms in total. The molecular weight excluding hydrogens is 206 g/mol. The Labute approximate surface area is 106 Å². The lowest BCUT2D eigenvalue weighted by Gasteiger charge is -2.21. The van der Waals surface area contributed by atoms with Gasteiger partial charge in [0.2, 0.25) is 0 Å². The van der Waals surface area contributed by atoms with Crippen LogP contribution >= 0.6 is 0 Å². The van der Waals surface area contributed by atoms with E-state index in [-0.39, 0.29) is 0 Å². The van der Waals surface area contributed by atoms with Crippen molar-refractivity contribution in [3.63, 3.8) is 0 Å². The van der Waals surface area contributed by atoms with E-state index in [1.807, 2.05) is 30.3 Å². The van der Waals surface area contributed by atoms with Crippen molar-refractivity contribution in [2.75, 3.05) is 6.54 Å². The Morgan fingerprint density at radius 1 is 1.12 bits per heavy atom. The third kappa shape index (κ3) is 5.06. The van der Waals surface area contributed by atoms with Crippen molar-refractivity contribution in [3.05, 3.63) is 35.9 Å². The molecule has 1 unspecified atom stereocenters. The molecule has 1 heteroatoms. The Kier molecular flexibility index (Phi) is 6.43. The molecule has 0 radical (unpaired) electrons. The van der Waals surface area contributed by atoms with Crippen LogP contribution in [0.2, 0.25) is 0 Å². The van der Waals surface area contributed by atoms with Crippen LogP contribution in [0.5, 0.6) is 0 Å². The molecule has 92 valence electrons. The van der Waals surface area contributed by atoms with Crippen molar-refractivity contribution in [2.45, 2.75) is 39.7 Å². The molecule has 1 aromatic rings. The van der Waals surface area contributed by atoms with Gasteiger partial charge in [-0.1, -0.05) is 56.7 Å². The minimum absolute atomic E-state index is 0.551. The highest BCUT2D eigenvalue weighted by atomic mass is 14.9. The quantitative estimate of drug-likeness (QED) is 0.763. The average Bonchev–Trinajstić information content (AvgIpc) is 2.37. The van der Waals surface area contributed by atoms with E-state index in [1.54, 1.807) is 0 Å². The molecule has 0 amide bonds. The minimum Gasteiger partial charge on any atom is -0.303 e. The van der Waals surface area contributed by atoms with Crippen molar-refractivity contribution >= 4 is 0 Å². The summed E-state index contributed by atoms with van der Waals surface area (Å²) in [5, 5.41) is 3.48. The maximum atomic E-state index is 3.48. The lowest BCUT2D eigenvalue weighted by Crippen LogP contribution is -2.33. The first kappa shape index (κ1) is 13.8. The largest absolute Gasteiger partial charge is 0.303 e. The molecule has 17 heavy (non-hydrogen) atoms. The summed E-state index contributed by atoms with van der Waals surface area (Å²) in [6.45, 7) is 7.53. The van der Waals surface area contributed by atoms with E-state index in [4.69, 9.17) is 0 Å². The summed E-state index contributed by atoms with van der Waals surface area (Å²) in [4.78, 5) is 0. The third-order valence-corrected chi connectivity index (χ3v) is 3.27. The normalized spacial score (nSPS) is 12.0. The fourth-order valence-electron chi connectivity index (χ4n) is 2.04. The maximum absolute atomic E-state index is 3.48. The second-order valence-electron chi connectivity index (χ2n) is 4.41. The van der Waals surface area contributed by atoms with Crippen molar-refractivity contribution in [2.24, 2.45) is 5.92 Å². The van der Waals surface area contributed by atoms with Crippen LogP contribution in [0.3, 0.4) is 0 Å². The zero-order chi connectivity index (χ0) is 12.5. The van der Waals surface area contributed by atoms with E-state index in [0.29, 0.717) is 6.04 Å². The second kappa shape index (κ2) is 7.92. The fourth-order valence-corrected chi connectivity index (χ4v) is 2.04. The van der Waals surface area contributed by atoms with Gasteiger partial charge in [0, 0.05) is 11.6 Å². The van der Waals surface area contributed by atoms with Crippen molar-refractivity contribution in [1.29, 1.82) is 0 Å². The molecule has 1 atom stereocenters. The minimum atomic E-state index is 0.551. The van der Waals surface area contributed by atoms with Crippen LogP contribution in [0.25, 0.3) is 0 Å². The van der Waals surface area contributed by atoms with E-state index in [1.165, 1.54) is 12.8 Å². The van der Waals surface area contributed by atoms with Crippen molar-refractivity contribution < 1.29 is 0 Å². The maximum Gasteiger partial charge on any atom is 0.0582 e. The summed E-state index contributed by atoms with van der Waals surface area (Å²) in [6.07, 6.45) is 2.47. The Morgan fingerprint density at radius 3 is 2.35 bits per heavy atom. The van der Waals surface area contributed by atoms with E-state index in [9.17, 15) is 0 Å². The zero-order valence-electron chi connectivity index (χ0n) is 11.2. The van der Waals surface area contributed by atoms with E-state index >= 15 is 0 Å². The van der Waals surface area contributed by atoms with Gasteiger partial charge in [-0.2, -0.15) is 0 Å². The SMILES string of the molecule is CCC(CC)C(C)NCC#Cc1ccccc1. The van der Waals surface area contributed by atoms with Crippen LogP contribution in [-0.2, 0) is 0 Å². The fraction of sp³-hybridized carbons (Fsp3) is 0.500. The first-order valence-electron chi connectivity index (χ1n) is 6.55. The summed E-state index contributed by atoms with van der Waals surface area (Å²) >= 11 is 0. The number of rotatable bonds is 5. The lowest BCUT2D eigenvalue weighted by atomic mass is 9.96. The van der Waals surface area contributed by atoms with E-state index < -0.39 is 0 Å². The molecule has 0 aliphatic rings. The smallest absolute Gasteiger partial charge is 0.0582 e. The van der Waals surface area contributed by atoms with Crippen LogP contribution in [-0.4, -0.2) is 12.6 Å². The van der Waals surface area contributed by atoms with Crippen LogP contribution in [0.1, 0.15) is 39.2 Å². The average molecular weight is 229 g/mol. The number of hydrogen-bond donors (Lipinski definition) is 1. The summed E-state index contributed by atoms with van der Waals surface area (Å²) in [7, 11) is 0. The standard InChI is InChI=1S/C16H23N/c1-4-16(5-2)14(3)17-13-9-12-15-10-7-6-8-11-15/h6-8,10-11,14,16-17H,4-5,13H2,1-3H3. The molecule has 0 saturated carbocycles. The van der Waals surface area contributed by atoms with Gasteiger partial charge in [-0.25, -0.2) is 0 Å². The Morgan fingerprint density at radius 2 is 1.76 bits per heavy atom.